The summed E-state index contributed by atoms with van der Waals surface area (Å²) in [5, 5.41) is 2.72. The van der Waals surface area contributed by atoms with Crippen LogP contribution in [0.15, 0.2) is 67.1 Å². The first kappa shape index (κ1) is 21.3. The van der Waals surface area contributed by atoms with Crippen molar-refractivity contribution in [2.45, 2.75) is 32.0 Å². The van der Waals surface area contributed by atoms with Crippen LogP contribution in [0.5, 0.6) is 5.75 Å². The Morgan fingerprint density at radius 2 is 1.77 bits per heavy atom. The number of nitrogens with one attached hydrogen (secondary N) is 1. The lowest BCUT2D eigenvalue weighted by atomic mass is 9.96. The maximum absolute atomic E-state index is 12.7. The molecule has 1 unspecified atom stereocenters. The van der Waals surface area contributed by atoms with Gasteiger partial charge in [-0.25, -0.2) is 4.98 Å². The van der Waals surface area contributed by atoms with Crippen molar-refractivity contribution >= 4 is 11.7 Å². The smallest absolute Gasteiger partial charge is 0.416 e. The molecule has 30 heavy (non-hydrogen) atoms. The minimum absolute atomic E-state index is 0.0890. The van der Waals surface area contributed by atoms with E-state index in [0.29, 0.717) is 17.9 Å². The van der Waals surface area contributed by atoms with Gasteiger partial charge in [-0.3, -0.25) is 9.78 Å². The maximum atomic E-state index is 12.7. The average Bonchev–Trinajstić information content (AvgIpc) is 2.73. The van der Waals surface area contributed by atoms with E-state index >= 15 is 0 Å². The van der Waals surface area contributed by atoms with E-state index in [-0.39, 0.29) is 24.1 Å². The third kappa shape index (κ3) is 5.79. The zero-order valence-electron chi connectivity index (χ0n) is 16.2. The summed E-state index contributed by atoms with van der Waals surface area (Å²) in [6.07, 6.45) is 0.561. The van der Waals surface area contributed by atoms with Crippen LogP contribution in [0.25, 0.3) is 0 Å². The fraction of sp³-hybridized carbons (Fsp3) is 0.227. The summed E-state index contributed by atoms with van der Waals surface area (Å²) in [6.45, 7) is 2.07. The number of hydrogen-bond acceptors (Lipinski definition) is 4. The molecule has 1 N–H and O–H groups in total. The summed E-state index contributed by atoms with van der Waals surface area (Å²) in [6, 6.07) is 11.9. The van der Waals surface area contributed by atoms with E-state index in [1.807, 2.05) is 12.1 Å². The van der Waals surface area contributed by atoms with Crippen LogP contribution in [-0.2, 0) is 17.6 Å². The minimum Gasteiger partial charge on any atom is -0.485 e. The number of pyridine rings is 2. The Balaban J connectivity index is 1.60. The Morgan fingerprint density at radius 3 is 2.43 bits per heavy atom. The average molecular weight is 415 g/mol. The highest BCUT2D eigenvalue weighted by Gasteiger charge is 2.30. The number of hydrogen-bond donors (Lipinski definition) is 1. The molecule has 8 heteroatoms. The van der Waals surface area contributed by atoms with E-state index in [2.05, 4.69) is 15.3 Å². The number of nitrogens with zero attached hydrogens (tertiary/aromatic N) is 2. The van der Waals surface area contributed by atoms with Gasteiger partial charge in [-0.1, -0.05) is 19.1 Å². The van der Waals surface area contributed by atoms with Crippen LogP contribution in [0, 0.1) is 0 Å². The number of carbonyl (C=O) groups excluding carboxylic acids is 1. The Labute approximate surface area is 171 Å². The molecular weight excluding hydrogens is 395 g/mol. The minimum atomic E-state index is -4.38. The quantitative estimate of drug-likeness (QED) is 0.576. The third-order valence-corrected chi connectivity index (χ3v) is 4.47. The fourth-order valence-corrected chi connectivity index (χ4v) is 2.82. The van der Waals surface area contributed by atoms with Crippen LogP contribution in [0.3, 0.4) is 0 Å². The maximum Gasteiger partial charge on any atom is 0.416 e. The number of ether oxygens (including phenoxy) is 1. The van der Waals surface area contributed by atoms with Gasteiger partial charge in [0.2, 0.25) is 5.91 Å². The molecule has 0 spiro atoms. The van der Waals surface area contributed by atoms with Gasteiger partial charge in [0.1, 0.15) is 6.61 Å². The predicted molar refractivity (Wildman–Crippen MR) is 106 cm³/mol. The van der Waals surface area contributed by atoms with Gasteiger partial charge in [0, 0.05) is 25.0 Å². The number of rotatable bonds is 7. The number of alkyl halides is 3. The van der Waals surface area contributed by atoms with Crippen molar-refractivity contribution in [1.82, 2.24) is 9.97 Å². The van der Waals surface area contributed by atoms with Crippen LogP contribution in [0.1, 0.15) is 36.0 Å². The molecule has 1 aromatic carbocycles. The van der Waals surface area contributed by atoms with Gasteiger partial charge >= 0.3 is 6.18 Å². The van der Waals surface area contributed by atoms with Crippen molar-refractivity contribution in [2.75, 3.05) is 5.32 Å². The van der Waals surface area contributed by atoms with E-state index in [1.165, 1.54) is 18.3 Å². The van der Waals surface area contributed by atoms with Crippen molar-refractivity contribution in [3.05, 3.63) is 83.8 Å². The highest BCUT2D eigenvalue weighted by molar-refractivity contribution is 5.91. The third-order valence-electron chi connectivity index (χ3n) is 4.47. The molecule has 0 saturated heterocycles. The fourth-order valence-electron chi connectivity index (χ4n) is 2.82. The highest BCUT2D eigenvalue weighted by Crippen LogP contribution is 2.31. The van der Waals surface area contributed by atoms with E-state index < -0.39 is 11.7 Å². The summed E-state index contributed by atoms with van der Waals surface area (Å²) in [7, 11) is 0. The highest BCUT2D eigenvalue weighted by atomic mass is 19.4. The van der Waals surface area contributed by atoms with Gasteiger partial charge in [0.05, 0.1) is 5.56 Å². The van der Waals surface area contributed by atoms with E-state index in [1.54, 1.807) is 31.5 Å². The molecule has 3 aromatic rings. The number of amides is 1. The Morgan fingerprint density at radius 1 is 1.07 bits per heavy atom. The van der Waals surface area contributed by atoms with Crippen molar-refractivity contribution < 1.29 is 22.7 Å². The predicted octanol–water partition coefficient (Wildman–Crippen LogP) is 5.21. The summed E-state index contributed by atoms with van der Waals surface area (Å²) < 4.78 is 43.8. The normalized spacial score (nSPS) is 12.3. The van der Waals surface area contributed by atoms with Gasteiger partial charge in [-0.2, -0.15) is 13.2 Å². The zero-order valence-corrected chi connectivity index (χ0v) is 16.2. The van der Waals surface area contributed by atoms with Crippen LogP contribution in [-0.4, -0.2) is 15.9 Å². The van der Waals surface area contributed by atoms with Gasteiger partial charge < -0.3 is 10.1 Å². The number of benzene rings is 1. The number of halogens is 3. The van der Waals surface area contributed by atoms with E-state index in [9.17, 15) is 18.0 Å². The molecule has 1 atom stereocenters. The molecular formula is C22H20F3N3O2. The number of aromatic nitrogens is 2. The van der Waals surface area contributed by atoms with Gasteiger partial charge in [0.25, 0.3) is 0 Å². The molecule has 0 radical (unpaired) electrons. The first-order valence-corrected chi connectivity index (χ1v) is 9.26. The van der Waals surface area contributed by atoms with Crippen molar-refractivity contribution in [1.29, 1.82) is 0 Å². The lowest BCUT2D eigenvalue weighted by Gasteiger charge is -2.15. The second kappa shape index (κ2) is 9.39. The first-order chi connectivity index (χ1) is 14.3. The van der Waals surface area contributed by atoms with Crippen molar-refractivity contribution in [3.8, 4) is 5.75 Å². The van der Waals surface area contributed by atoms with Crippen LogP contribution < -0.4 is 10.1 Å². The molecule has 0 aliphatic carbocycles. The summed E-state index contributed by atoms with van der Waals surface area (Å²) in [5.74, 6) is 0.132. The second-order valence-electron chi connectivity index (χ2n) is 6.77. The summed E-state index contributed by atoms with van der Waals surface area (Å²) in [5.41, 5.74) is 0.850. The molecule has 3 rings (SSSR count). The Hall–Kier alpha value is -3.42. The van der Waals surface area contributed by atoms with Crippen molar-refractivity contribution in [3.63, 3.8) is 0 Å². The number of anilines is 1. The first-order valence-electron chi connectivity index (χ1n) is 9.26. The molecule has 2 heterocycles. The Bertz CT molecular complexity index is 977. The lowest BCUT2D eigenvalue weighted by Crippen LogP contribution is -2.16. The molecule has 1 amide bonds. The lowest BCUT2D eigenvalue weighted by molar-refractivity contribution is -0.137. The molecule has 0 aliphatic rings. The van der Waals surface area contributed by atoms with Gasteiger partial charge in [0.15, 0.2) is 11.6 Å². The van der Waals surface area contributed by atoms with Crippen LogP contribution >= 0.6 is 0 Å². The SMILES string of the molecule is CC(CC(=O)Nc1ncccc1OCc1ccncc1)c1ccc(C(F)(F)F)cc1. The second-order valence-corrected chi connectivity index (χ2v) is 6.77. The zero-order chi connectivity index (χ0) is 21.6. The molecule has 2 aromatic heterocycles. The summed E-state index contributed by atoms with van der Waals surface area (Å²) >= 11 is 0. The molecule has 0 saturated carbocycles. The van der Waals surface area contributed by atoms with Gasteiger partial charge in [-0.05, 0) is 53.4 Å². The molecule has 0 aliphatic heterocycles. The van der Waals surface area contributed by atoms with Crippen LogP contribution in [0.2, 0.25) is 0 Å². The number of carbonyl (C=O) groups is 1. The largest absolute Gasteiger partial charge is 0.485 e. The molecule has 0 fully saturated rings. The van der Waals surface area contributed by atoms with Crippen molar-refractivity contribution in [2.24, 2.45) is 0 Å². The van der Waals surface area contributed by atoms with Gasteiger partial charge in [-0.15, -0.1) is 0 Å². The molecule has 156 valence electrons. The summed E-state index contributed by atoms with van der Waals surface area (Å²) in [4.78, 5) is 20.6. The molecule has 5 nitrogen and oxygen atoms in total. The molecule has 0 bridgehead atoms. The van der Waals surface area contributed by atoms with E-state index in [0.717, 1.165) is 17.7 Å². The standard InChI is InChI=1S/C22H20F3N3O2/c1-15(17-4-6-18(7-5-17)22(23,24)25)13-20(29)28-21-19(3-2-10-27-21)30-14-16-8-11-26-12-9-16/h2-12,15H,13-14H2,1H3,(H,27,28,29). The topological polar surface area (TPSA) is 64.1 Å². The van der Waals surface area contributed by atoms with E-state index in [4.69, 9.17) is 4.74 Å². The van der Waals surface area contributed by atoms with Crippen LogP contribution in [0.4, 0.5) is 19.0 Å². The monoisotopic (exact) mass is 415 g/mol. The Kier molecular flexibility index (Phi) is 6.66.